The van der Waals surface area contributed by atoms with E-state index in [1.165, 1.54) is 24.1 Å². The lowest BCUT2D eigenvalue weighted by Crippen LogP contribution is -2.23. The van der Waals surface area contributed by atoms with Crippen molar-refractivity contribution in [3.63, 3.8) is 0 Å². The van der Waals surface area contributed by atoms with Gasteiger partial charge in [-0.1, -0.05) is 6.07 Å². The van der Waals surface area contributed by atoms with E-state index in [9.17, 15) is 0 Å². The van der Waals surface area contributed by atoms with Crippen LogP contribution in [-0.2, 0) is 6.54 Å². The minimum atomic E-state index is 0.445. The van der Waals surface area contributed by atoms with Crippen LogP contribution in [0, 0.1) is 0 Å². The van der Waals surface area contributed by atoms with Gasteiger partial charge in [0, 0.05) is 12.7 Å². The third-order valence-corrected chi connectivity index (χ3v) is 4.24. The Morgan fingerprint density at radius 3 is 2.95 bits per heavy atom. The van der Waals surface area contributed by atoms with E-state index in [1.807, 2.05) is 12.3 Å². The molecule has 1 saturated heterocycles. The molecule has 2 aliphatic rings. The van der Waals surface area contributed by atoms with Crippen LogP contribution in [-0.4, -0.2) is 34.9 Å². The van der Waals surface area contributed by atoms with Crippen molar-refractivity contribution in [2.75, 3.05) is 19.8 Å². The number of hydrogen-bond donors (Lipinski definition) is 1. The van der Waals surface area contributed by atoms with Gasteiger partial charge in [-0.05, 0) is 43.1 Å². The Morgan fingerprint density at radius 1 is 1.19 bits per heavy atom. The summed E-state index contributed by atoms with van der Waals surface area (Å²) in [6.07, 6.45) is 4.25. The minimum absolute atomic E-state index is 0.445. The summed E-state index contributed by atoms with van der Waals surface area (Å²) in [4.78, 5) is 2.50. The average Bonchev–Trinajstić information content (AvgIpc) is 3.18. The molecule has 0 bridgehead atoms. The fourth-order valence-corrected chi connectivity index (χ4v) is 3.24. The Balaban J connectivity index is 1.52. The second kappa shape index (κ2) is 5.41. The van der Waals surface area contributed by atoms with Crippen LogP contribution >= 0.6 is 0 Å². The average molecular weight is 285 g/mol. The molecule has 2 aliphatic heterocycles. The number of H-pyrrole nitrogens is 1. The summed E-state index contributed by atoms with van der Waals surface area (Å²) < 4.78 is 11.2. The maximum Gasteiger partial charge on any atom is 0.161 e. The highest BCUT2D eigenvalue weighted by Gasteiger charge is 2.27. The Hall–Kier alpha value is -2.01. The molecule has 0 radical (unpaired) electrons. The normalized spacial score (nSPS) is 21.6. The third-order valence-electron chi connectivity index (χ3n) is 4.24. The van der Waals surface area contributed by atoms with Crippen molar-refractivity contribution in [3.8, 4) is 11.5 Å². The predicted molar refractivity (Wildman–Crippen MR) is 78.4 cm³/mol. The molecular formula is C16H19N3O2. The molecule has 1 aromatic carbocycles. The standard InChI is InChI=1S/C16H19N3O2/c1-2-14(13-5-6-17-18-13)19(7-1)11-12-3-4-15-16(10-12)21-9-8-20-15/h3-6,10,14H,1-2,7-9,11H2,(H,17,18)/t14-/m1/s1. The largest absolute Gasteiger partial charge is 0.486 e. The first-order chi connectivity index (χ1) is 10.4. The monoisotopic (exact) mass is 285 g/mol. The van der Waals surface area contributed by atoms with E-state index in [-0.39, 0.29) is 0 Å². The van der Waals surface area contributed by atoms with Gasteiger partial charge in [0.25, 0.3) is 0 Å². The molecule has 0 saturated carbocycles. The van der Waals surface area contributed by atoms with Gasteiger partial charge >= 0.3 is 0 Å². The SMILES string of the molecule is c1cc([C@H]2CCCN2Cc2ccc3c(c2)OCCO3)[nH]n1. The number of aromatic nitrogens is 2. The maximum atomic E-state index is 5.67. The van der Waals surface area contributed by atoms with Gasteiger partial charge in [-0.25, -0.2) is 0 Å². The van der Waals surface area contributed by atoms with Crippen LogP contribution in [0.1, 0.15) is 30.1 Å². The van der Waals surface area contributed by atoms with Crippen LogP contribution in [0.2, 0.25) is 0 Å². The second-order valence-corrected chi connectivity index (χ2v) is 5.62. The molecule has 3 heterocycles. The summed E-state index contributed by atoms with van der Waals surface area (Å²) in [6, 6.07) is 8.78. The van der Waals surface area contributed by atoms with E-state index in [0.29, 0.717) is 19.3 Å². The Labute approximate surface area is 123 Å². The summed E-state index contributed by atoms with van der Waals surface area (Å²) in [6.45, 7) is 3.33. The van der Waals surface area contributed by atoms with E-state index < -0.39 is 0 Å². The van der Waals surface area contributed by atoms with Crippen molar-refractivity contribution >= 4 is 0 Å². The highest BCUT2D eigenvalue weighted by Crippen LogP contribution is 2.35. The molecule has 4 rings (SSSR count). The minimum Gasteiger partial charge on any atom is -0.486 e. The Bertz CT molecular complexity index is 612. The van der Waals surface area contributed by atoms with Crippen molar-refractivity contribution in [3.05, 3.63) is 41.7 Å². The predicted octanol–water partition coefficient (Wildman–Crippen LogP) is 2.52. The van der Waals surface area contributed by atoms with Gasteiger partial charge in [-0.3, -0.25) is 10.00 Å². The molecule has 0 amide bonds. The lowest BCUT2D eigenvalue weighted by Gasteiger charge is -2.24. The number of rotatable bonds is 3. The molecule has 2 aromatic rings. The van der Waals surface area contributed by atoms with Crippen LogP contribution in [0.4, 0.5) is 0 Å². The maximum absolute atomic E-state index is 5.67. The molecule has 110 valence electrons. The van der Waals surface area contributed by atoms with E-state index in [2.05, 4.69) is 33.3 Å². The topological polar surface area (TPSA) is 50.4 Å². The number of fused-ring (bicyclic) bond motifs is 1. The van der Waals surface area contributed by atoms with Gasteiger partial charge in [0.05, 0.1) is 11.7 Å². The van der Waals surface area contributed by atoms with Crippen LogP contribution in [0.15, 0.2) is 30.5 Å². The molecule has 21 heavy (non-hydrogen) atoms. The number of nitrogens with zero attached hydrogens (tertiary/aromatic N) is 2. The molecule has 1 atom stereocenters. The van der Waals surface area contributed by atoms with Crippen molar-refractivity contribution in [2.45, 2.75) is 25.4 Å². The molecule has 0 aliphatic carbocycles. The molecule has 5 heteroatoms. The fraction of sp³-hybridized carbons (Fsp3) is 0.438. The zero-order valence-electron chi connectivity index (χ0n) is 11.9. The van der Waals surface area contributed by atoms with Gasteiger partial charge in [0.15, 0.2) is 11.5 Å². The molecule has 5 nitrogen and oxygen atoms in total. The van der Waals surface area contributed by atoms with E-state index in [0.717, 1.165) is 24.6 Å². The number of hydrogen-bond acceptors (Lipinski definition) is 4. The molecule has 1 aromatic heterocycles. The number of likely N-dealkylation sites (tertiary alicyclic amines) is 1. The van der Waals surface area contributed by atoms with Crippen molar-refractivity contribution in [2.24, 2.45) is 0 Å². The van der Waals surface area contributed by atoms with Gasteiger partial charge in [0.2, 0.25) is 0 Å². The second-order valence-electron chi connectivity index (χ2n) is 5.62. The lowest BCUT2D eigenvalue weighted by atomic mass is 10.1. The Morgan fingerprint density at radius 2 is 2.10 bits per heavy atom. The quantitative estimate of drug-likeness (QED) is 0.941. The molecule has 0 unspecified atom stereocenters. The van der Waals surface area contributed by atoms with Crippen molar-refractivity contribution in [1.29, 1.82) is 0 Å². The van der Waals surface area contributed by atoms with Crippen molar-refractivity contribution in [1.82, 2.24) is 15.1 Å². The van der Waals surface area contributed by atoms with Gasteiger partial charge in [-0.2, -0.15) is 5.10 Å². The summed E-state index contributed by atoms with van der Waals surface area (Å²) in [7, 11) is 0. The smallest absolute Gasteiger partial charge is 0.161 e. The molecular weight excluding hydrogens is 266 g/mol. The van der Waals surface area contributed by atoms with E-state index in [4.69, 9.17) is 9.47 Å². The highest BCUT2D eigenvalue weighted by molar-refractivity contribution is 5.43. The third kappa shape index (κ3) is 2.49. The zero-order valence-corrected chi connectivity index (χ0v) is 11.9. The van der Waals surface area contributed by atoms with Crippen molar-refractivity contribution < 1.29 is 9.47 Å². The molecule has 1 fully saturated rings. The van der Waals surface area contributed by atoms with Crippen LogP contribution in [0.25, 0.3) is 0 Å². The number of nitrogens with one attached hydrogen (secondary N) is 1. The first-order valence-electron chi connectivity index (χ1n) is 7.52. The first kappa shape index (κ1) is 12.7. The Kier molecular flexibility index (Phi) is 3.27. The summed E-state index contributed by atoms with van der Waals surface area (Å²) in [5.41, 5.74) is 2.48. The van der Waals surface area contributed by atoms with Gasteiger partial charge < -0.3 is 9.47 Å². The van der Waals surface area contributed by atoms with Gasteiger partial charge in [-0.15, -0.1) is 0 Å². The number of aromatic amines is 1. The molecule has 1 N–H and O–H groups in total. The van der Waals surface area contributed by atoms with E-state index in [1.54, 1.807) is 0 Å². The highest BCUT2D eigenvalue weighted by atomic mass is 16.6. The van der Waals surface area contributed by atoms with Crippen LogP contribution < -0.4 is 9.47 Å². The fourth-order valence-electron chi connectivity index (χ4n) is 3.24. The van der Waals surface area contributed by atoms with E-state index >= 15 is 0 Å². The number of benzene rings is 1. The summed E-state index contributed by atoms with van der Waals surface area (Å²) in [5, 5.41) is 7.19. The van der Waals surface area contributed by atoms with Gasteiger partial charge in [0.1, 0.15) is 13.2 Å². The zero-order chi connectivity index (χ0) is 14.1. The summed E-state index contributed by atoms with van der Waals surface area (Å²) in [5.74, 6) is 1.73. The number of ether oxygens (including phenoxy) is 2. The van der Waals surface area contributed by atoms with Crippen LogP contribution in [0.3, 0.4) is 0 Å². The van der Waals surface area contributed by atoms with Crippen LogP contribution in [0.5, 0.6) is 11.5 Å². The molecule has 0 spiro atoms. The lowest BCUT2D eigenvalue weighted by molar-refractivity contribution is 0.171. The summed E-state index contributed by atoms with van der Waals surface area (Å²) >= 11 is 0. The first-order valence-corrected chi connectivity index (χ1v) is 7.52.